The zero-order chi connectivity index (χ0) is 8.32. The fourth-order valence-corrected chi connectivity index (χ4v) is 2.31. The van der Waals surface area contributed by atoms with E-state index in [4.69, 9.17) is 31.8 Å². The van der Waals surface area contributed by atoms with E-state index in [1.54, 1.807) is 0 Å². The molecule has 0 amide bonds. The Hall–Kier alpha value is 0.0900. The molecule has 2 atom stereocenters. The first-order valence-electron chi connectivity index (χ1n) is 3.15. The molecule has 1 aliphatic rings. The minimum atomic E-state index is -2.48. The normalized spacial score (nSPS) is 38.0. The van der Waals surface area contributed by atoms with Crippen LogP contribution >= 0.6 is 6.72 Å². The molecule has 1 aliphatic heterocycles. The third-order valence-electron chi connectivity index (χ3n) is 1.30. The summed E-state index contributed by atoms with van der Waals surface area (Å²) in [5.74, 6) is 2.47. The second kappa shape index (κ2) is 3.66. The lowest BCUT2D eigenvalue weighted by Gasteiger charge is -2.27. The van der Waals surface area contributed by atoms with Gasteiger partial charge in [-0.15, -0.1) is 6.42 Å². The molecule has 0 radical (unpaired) electrons. The molecule has 0 aromatic rings. The zero-order valence-electron chi connectivity index (χ0n) is 6.15. The largest absolute Gasteiger partial charge is 0.328 e. The van der Waals surface area contributed by atoms with Crippen molar-refractivity contribution >= 4 is 18.5 Å². The van der Waals surface area contributed by atoms with Gasteiger partial charge in [-0.05, 0) is 11.8 Å². The summed E-state index contributed by atoms with van der Waals surface area (Å²) >= 11 is 4.95. The van der Waals surface area contributed by atoms with Crippen molar-refractivity contribution in [1.82, 2.24) is 0 Å². The second-order valence-electron chi connectivity index (χ2n) is 2.01. The van der Waals surface area contributed by atoms with Gasteiger partial charge in [0.15, 0.2) is 0 Å². The van der Waals surface area contributed by atoms with Crippen molar-refractivity contribution in [2.24, 2.45) is 0 Å². The number of hydrogen-bond acceptors (Lipinski definition) is 4. The molecule has 1 heterocycles. The van der Waals surface area contributed by atoms with Gasteiger partial charge in [0.05, 0.1) is 6.61 Å². The molecular formula is C6H9O3PS. The van der Waals surface area contributed by atoms with Crippen LogP contribution in [-0.2, 0) is 25.4 Å². The van der Waals surface area contributed by atoms with Gasteiger partial charge in [-0.25, -0.2) is 0 Å². The molecule has 1 saturated heterocycles. The standard InChI is InChI=1S/C6H9O3PS/c1-3-6-4-5-8-10(11,7-2)9-6/h1,6H,4-5H2,2H3. The Morgan fingerprint density at radius 2 is 2.55 bits per heavy atom. The topological polar surface area (TPSA) is 27.7 Å². The van der Waals surface area contributed by atoms with Crippen molar-refractivity contribution in [3.8, 4) is 12.3 Å². The Bertz CT molecular complexity index is 222. The number of hydrogen-bond donors (Lipinski definition) is 0. The molecule has 0 aromatic carbocycles. The monoisotopic (exact) mass is 192 g/mol. The van der Waals surface area contributed by atoms with Crippen LogP contribution in [0.1, 0.15) is 6.42 Å². The molecule has 0 N–H and O–H groups in total. The maximum absolute atomic E-state index is 5.22. The predicted octanol–water partition coefficient (Wildman–Crippen LogP) is 1.30. The smallest absolute Gasteiger partial charge is 0.312 e. The summed E-state index contributed by atoms with van der Waals surface area (Å²) in [6, 6.07) is 0. The summed E-state index contributed by atoms with van der Waals surface area (Å²) in [7, 11) is 1.47. The highest BCUT2D eigenvalue weighted by atomic mass is 32.5. The van der Waals surface area contributed by atoms with Gasteiger partial charge < -0.3 is 9.05 Å². The Morgan fingerprint density at radius 3 is 3.09 bits per heavy atom. The van der Waals surface area contributed by atoms with Crippen LogP contribution in [0.3, 0.4) is 0 Å². The van der Waals surface area contributed by atoms with Gasteiger partial charge in [0.25, 0.3) is 0 Å². The third-order valence-corrected chi connectivity index (χ3v) is 3.78. The van der Waals surface area contributed by atoms with Crippen molar-refractivity contribution in [3.05, 3.63) is 0 Å². The van der Waals surface area contributed by atoms with Crippen LogP contribution in [0.25, 0.3) is 0 Å². The van der Waals surface area contributed by atoms with Crippen molar-refractivity contribution in [2.45, 2.75) is 12.5 Å². The molecule has 0 aromatic heterocycles. The molecule has 0 saturated carbocycles. The van der Waals surface area contributed by atoms with Crippen LogP contribution < -0.4 is 0 Å². The summed E-state index contributed by atoms with van der Waals surface area (Å²) in [5.41, 5.74) is 0. The quantitative estimate of drug-likeness (QED) is 0.462. The number of terminal acetylenes is 1. The summed E-state index contributed by atoms with van der Waals surface area (Å²) in [6.07, 6.45) is 5.62. The lowest BCUT2D eigenvalue weighted by molar-refractivity contribution is 0.0964. The summed E-state index contributed by atoms with van der Waals surface area (Å²) < 4.78 is 15.2. The van der Waals surface area contributed by atoms with Gasteiger partial charge in [0, 0.05) is 13.5 Å². The fraction of sp³-hybridized carbons (Fsp3) is 0.667. The zero-order valence-corrected chi connectivity index (χ0v) is 7.86. The van der Waals surface area contributed by atoms with Crippen molar-refractivity contribution in [2.75, 3.05) is 13.7 Å². The van der Waals surface area contributed by atoms with E-state index < -0.39 is 6.72 Å². The van der Waals surface area contributed by atoms with E-state index in [0.29, 0.717) is 13.0 Å². The molecular weight excluding hydrogens is 183 g/mol. The predicted molar refractivity (Wildman–Crippen MR) is 45.6 cm³/mol. The minimum Gasteiger partial charge on any atom is -0.312 e. The number of rotatable bonds is 1. The lowest BCUT2D eigenvalue weighted by atomic mass is 10.3. The van der Waals surface area contributed by atoms with Gasteiger partial charge in [0.2, 0.25) is 0 Å². The minimum absolute atomic E-state index is 0.241. The van der Waals surface area contributed by atoms with Crippen LogP contribution in [0, 0.1) is 12.3 Å². The van der Waals surface area contributed by atoms with Crippen molar-refractivity contribution < 1.29 is 13.6 Å². The van der Waals surface area contributed by atoms with Crippen LogP contribution in [0.4, 0.5) is 0 Å². The molecule has 1 fully saturated rings. The lowest BCUT2D eigenvalue weighted by Crippen LogP contribution is -2.18. The summed E-state index contributed by atoms with van der Waals surface area (Å²) in [5, 5.41) is 0. The van der Waals surface area contributed by atoms with Gasteiger partial charge >= 0.3 is 6.72 Å². The van der Waals surface area contributed by atoms with E-state index in [2.05, 4.69) is 5.92 Å². The van der Waals surface area contributed by atoms with Crippen LogP contribution in [0.2, 0.25) is 0 Å². The molecule has 11 heavy (non-hydrogen) atoms. The van der Waals surface area contributed by atoms with E-state index in [-0.39, 0.29) is 6.10 Å². The molecule has 3 nitrogen and oxygen atoms in total. The Labute approximate surface area is 71.3 Å². The highest BCUT2D eigenvalue weighted by molar-refractivity contribution is 8.07. The Kier molecular flexibility index (Phi) is 3.06. The average Bonchev–Trinajstić information content (AvgIpc) is 2.05. The summed E-state index contributed by atoms with van der Waals surface area (Å²) in [6.45, 7) is -1.95. The SMILES string of the molecule is C#CC1CCOP(=S)(OC)O1. The molecule has 2 unspecified atom stereocenters. The van der Waals surface area contributed by atoms with E-state index in [1.165, 1.54) is 7.11 Å². The Balaban J connectivity index is 2.61. The molecule has 62 valence electrons. The van der Waals surface area contributed by atoms with Gasteiger partial charge in [-0.1, -0.05) is 5.92 Å². The molecule has 5 heteroatoms. The molecule has 0 bridgehead atoms. The molecule has 0 spiro atoms. The first kappa shape index (κ1) is 9.18. The van der Waals surface area contributed by atoms with E-state index in [0.717, 1.165) is 0 Å². The van der Waals surface area contributed by atoms with E-state index >= 15 is 0 Å². The van der Waals surface area contributed by atoms with Gasteiger partial charge in [0.1, 0.15) is 6.10 Å². The average molecular weight is 192 g/mol. The third kappa shape index (κ3) is 2.26. The maximum atomic E-state index is 5.22. The maximum Gasteiger partial charge on any atom is 0.328 e. The van der Waals surface area contributed by atoms with E-state index in [9.17, 15) is 0 Å². The fourth-order valence-electron chi connectivity index (χ4n) is 0.720. The molecule has 1 rings (SSSR count). The Morgan fingerprint density at radius 1 is 1.82 bits per heavy atom. The summed E-state index contributed by atoms with van der Waals surface area (Å²) in [4.78, 5) is 0. The first-order valence-corrected chi connectivity index (χ1v) is 5.70. The second-order valence-corrected chi connectivity index (χ2v) is 5.08. The van der Waals surface area contributed by atoms with E-state index in [1.807, 2.05) is 0 Å². The van der Waals surface area contributed by atoms with Crippen molar-refractivity contribution in [3.63, 3.8) is 0 Å². The van der Waals surface area contributed by atoms with Crippen LogP contribution in [-0.4, -0.2) is 19.8 Å². The van der Waals surface area contributed by atoms with Crippen molar-refractivity contribution in [1.29, 1.82) is 0 Å². The first-order chi connectivity index (χ1) is 5.20. The highest BCUT2D eigenvalue weighted by Crippen LogP contribution is 2.52. The highest BCUT2D eigenvalue weighted by Gasteiger charge is 2.28. The van der Waals surface area contributed by atoms with Crippen LogP contribution in [0.15, 0.2) is 0 Å². The van der Waals surface area contributed by atoms with Gasteiger partial charge in [-0.2, -0.15) is 0 Å². The van der Waals surface area contributed by atoms with Crippen LogP contribution in [0.5, 0.6) is 0 Å². The molecule has 0 aliphatic carbocycles. The van der Waals surface area contributed by atoms with Gasteiger partial charge in [-0.3, -0.25) is 4.52 Å².